The molecule has 4 nitrogen and oxygen atoms in total. The Hall–Kier alpha value is -2.79. The number of carboxylic acid groups (broad SMARTS) is 1. The Kier molecular flexibility index (Phi) is 8.95. The number of carbonyl (C=O) groups is 1. The van der Waals surface area contributed by atoms with Crippen LogP contribution in [0.1, 0.15) is 25.0 Å². The molecule has 0 fully saturated rings. The monoisotopic (exact) mass is 484 g/mol. The topological polar surface area (TPSA) is 55.8 Å². The van der Waals surface area contributed by atoms with Gasteiger partial charge in [0.15, 0.2) is 6.10 Å². The number of aliphatic carboxylic acids is 1. The Morgan fingerprint density at radius 2 is 1.61 bits per heavy atom. The molecule has 6 heteroatoms. The van der Waals surface area contributed by atoms with E-state index in [1.54, 1.807) is 13.0 Å². The highest BCUT2D eigenvalue weighted by Gasteiger charge is 2.17. The molecule has 0 aromatic heterocycles. The fourth-order valence-corrected chi connectivity index (χ4v) is 3.91. The highest BCUT2D eigenvalue weighted by atomic mass is 35.5. The SMILES string of the molecule is CCO[C@@H](Cc1ccc(OC/C=C(\C)c2ccc(-c3cc(Cl)cc(Cl)c3)cc2)cc1)C(=O)O. The molecule has 0 amide bonds. The molecular weight excluding hydrogens is 459 g/mol. The summed E-state index contributed by atoms with van der Waals surface area (Å²) >= 11 is 12.2. The molecule has 0 aliphatic carbocycles. The molecule has 0 radical (unpaired) electrons. The molecule has 3 aromatic rings. The molecule has 3 rings (SSSR count). The van der Waals surface area contributed by atoms with Crippen LogP contribution in [0.15, 0.2) is 72.8 Å². The molecule has 0 heterocycles. The quantitative estimate of drug-likeness (QED) is 0.331. The Bertz CT molecular complexity index is 1090. The minimum atomic E-state index is -0.956. The lowest BCUT2D eigenvalue weighted by Gasteiger charge is -2.12. The van der Waals surface area contributed by atoms with Crippen LogP contribution in [0, 0.1) is 0 Å². The van der Waals surface area contributed by atoms with Gasteiger partial charge in [0.2, 0.25) is 0 Å². The van der Waals surface area contributed by atoms with E-state index in [0.29, 0.717) is 29.7 Å². The average Bonchev–Trinajstić information content (AvgIpc) is 2.79. The summed E-state index contributed by atoms with van der Waals surface area (Å²) in [6.07, 6.45) is 1.50. The van der Waals surface area contributed by atoms with E-state index >= 15 is 0 Å². The predicted octanol–water partition coefficient (Wildman–Crippen LogP) is 7.17. The van der Waals surface area contributed by atoms with Crippen molar-refractivity contribution < 1.29 is 19.4 Å². The first-order chi connectivity index (χ1) is 15.9. The number of benzene rings is 3. The number of rotatable bonds is 10. The second-order valence-electron chi connectivity index (χ2n) is 7.56. The van der Waals surface area contributed by atoms with Crippen molar-refractivity contribution in [1.29, 1.82) is 0 Å². The van der Waals surface area contributed by atoms with Crippen LogP contribution in [0.3, 0.4) is 0 Å². The number of allylic oxidation sites excluding steroid dienone is 1. The zero-order valence-electron chi connectivity index (χ0n) is 18.6. The zero-order valence-corrected chi connectivity index (χ0v) is 20.1. The largest absolute Gasteiger partial charge is 0.490 e. The normalized spacial score (nSPS) is 12.4. The number of ether oxygens (including phenoxy) is 2. The van der Waals surface area contributed by atoms with Crippen molar-refractivity contribution >= 4 is 34.7 Å². The molecule has 0 aliphatic heterocycles. The van der Waals surface area contributed by atoms with Gasteiger partial charge in [-0.3, -0.25) is 0 Å². The van der Waals surface area contributed by atoms with Gasteiger partial charge in [-0.25, -0.2) is 4.79 Å². The Morgan fingerprint density at radius 3 is 2.18 bits per heavy atom. The summed E-state index contributed by atoms with van der Waals surface area (Å²) in [5, 5.41) is 10.4. The Morgan fingerprint density at radius 1 is 0.970 bits per heavy atom. The number of halogens is 2. The lowest BCUT2D eigenvalue weighted by Crippen LogP contribution is -2.26. The summed E-state index contributed by atoms with van der Waals surface area (Å²) in [6, 6.07) is 21.1. The molecule has 172 valence electrons. The molecule has 0 spiro atoms. The minimum Gasteiger partial charge on any atom is -0.490 e. The summed E-state index contributed by atoms with van der Waals surface area (Å²) in [6.45, 7) is 4.61. The Balaban J connectivity index is 1.57. The zero-order chi connectivity index (χ0) is 23.8. The van der Waals surface area contributed by atoms with Crippen molar-refractivity contribution in [3.05, 3.63) is 94.0 Å². The second-order valence-corrected chi connectivity index (χ2v) is 8.44. The van der Waals surface area contributed by atoms with E-state index in [2.05, 4.69) is 12.1 Å². The molecule has 1 atom stereocenters. The minimum absolute atomic E-state index is 0.319. The van der Waals surface area contributed by atoms with Crippen LogP contribution in [0.25, 0.3) is 16.7 Å². The van der Waals surface area contributed by atoms with E-state index in [9.17, 15) is 9.90 Å². The van der Waals surface area contributed by atoms with Crippen molar-refractivity contribution in [1.82, 2.24) is 0 Å². The summed E-state index contributed by atoms with van der Waals surface area (Å²) in [5.41, 5.74) is 5.10. The summed E-state index contributed by atoms with van der Waals surface area (Å²) in [5.74, 6) is -0.235. The molecule has 0 unspecified atom stereocenters. The number of hydrogen-bond donors (Lipinski definition) is 1. The van der Waals surface area contributed by atoms with Gasteiger partial charge in [0.05, 0.1) is 0 Å². The highest BCUT2D eigenvalue weighted by Crippen LogP contribution is 2.28. The van der Waals surface area contributed by atoms with Gasteiger partial charge in [-0.2, -0.15) is 0 Å². The van der Waals surface area contributed by atoms with Gasteiger partial charge in [-0.05, 0) is 78.1 Å². The Labute approximate surface area is 204 Å². The smallest absolute Gasteiger partial charge is 0.333 e. The summed E-state index contributed by atoms with van der Waals surface area (Å²) in [4.78, 5) is 11.2. The predicted molar refractivity (Wildman–Crippen MR) is 134 cm³/mol. The van der Waals surface area contributed by atoms with Gasteiger partial charge in [-0.15, -0.1) is 0 Å². The van der Waals surface area contributed by atoms with Crippen LogP contribution < -0.4 is 4.74 Å². The molecule has 0 bridgehead atoms. The van der Waals surface area contributed by atoms with E-state index < -0.39 is 12.1 Å². The van der Waals surface area contributed by atoms with E-state index in [4.69, 9.17) is 32.7 Å². The molecule has 3 aromatic carbocycles. The van der Waals surface area contributed by atoms with Crippen LogP contribution in [-0.4, -0.2) is 30.4 Å². The van der Waals surface area contributed by atoms with Crippen LogP contribution in [0.5, 0.6) is 5.75 Å². The second kappa shape index (κ2) is 11.9. The maximum Gasteiger partial charge on any atom is 0.333 e. The third-order valence-corrected chi connectivity index (χ3v) is 5.60. The van der Waals surface area contributed by atoms with Crippen molar-refractivity contribution in [2.24, 2.45) is 0 Å². The average molecular weight is 485 g/mol. The van der Waals surface area contributed by atoms with Crippen LogP contribution in [0.4, 0.5) is 0 Å². The number of hydrogen-bond acceptors (Lipinski definition) is 3. The van der Waals surface area contributed by atoms with Crippen molar-refractivity contribution in [3.63, 3.8) is 0 Å². The summed E-state index contributed by atoms with van der Waals surface area (Å²) in [7, 11) is 0. The lowest BCUT2D eigenvalue weighted by atomic mass is 10.0. The van der Waals surface area contributed by atoms with Crippen LogP contribution >= 0.6 is 23.2 Å². The molecule has 0 saturated carbocycles. The van der Waals surface area contributed by atoms with E-state index in [0.717, 1.165) is 33.6 Å². The fourth-order valence-electron chi connectivity index (χ4n) is 3.38. The van der Waals surface area contributed by atoms with E-state index in [1.807, 2.05) is 61.5 Å². The van der Waals surface area contributed by atoms with Crippen LogP contribution in [-0.2, 0) is 16.0 Å². The molecule has 33 heavy (non-hydrogen) atoms. The molecule has 0 saturated heterocycles. The lowest BCUT2D eigenvalue weighted by molar-refractivity contribution is -0.149. The third-order valence-electron chi connectivity index (χ3n) is 5.16. The van der Waals surface area contributed by atoms with Crippen molar-refractivity contribution in [3.8, 4) is 16.9 Å². The van der Waals surface area contributed by atoms with Crippen molar-refractivity contribution in [2.75, 3.05) is 13.2 Å². The summed E-state index contributed by atoms with van der Waals surface area (Å²) < 4.78 is 11.1. The first-order valence-corrected chi connectivity index (χ1v) is 11.4. The van der Waals surface area contributed by atoms with Gasteiger partial charge in [-0.1, -0.05) is 59.6 Å². The van der Waals surface area contributed by atoms with Gasteiger partial charge >= 0.3 is 5.97 Å². The highest BCUT2D eigenvalue weighted by molar-refractivity contribution is 6.35. The fraction of sp³-hybridized carbons (Fsp3) is 0.222. The first-order valence-electron chi connectivity index (χ1n) is 10.7. The first kappa shape index (κ1) is 24.8. The maximum atomic E-state index is 11.2. The third kappa shape index (κ3) is 7.36. The molecule has 1 N–H and O–H groups in total. The van der Waals surface area contributed by atoms with Crippen molar-refractivity contribution in [2.45, 2.75) is 26.4 Å². The van der Waals surface area contributed by atoms with Gasteiger partial charge in [0, 0.05) is 23.1 Å². The molecule has 0 aliphatic rings. The molecular formula is C27H26Cl2O4. The van der Waals surface area contributed by atoms with Gasteiger partial charge in [0.1, 0.15) is 12.4 Å². The van der Waals surface area contributed by atoms with E-state index in [1.165, 1.54) is 0 Å². The maximum absolute atomic E-state index is 11.2. The van der Waals surface area contributed by atoms with E-state index in [-0.39, 0.29) is 0 Å². The number of carboxylic acids is 1. The van der Waals surface area contributed by atoms with Gasteiger partial charge < -0.3 is 14.6 Å². The van der Waals surface area contributed by atoms with Crippen LogP contribution in [0.2, 0.25) is 10.0 Å². The standard InChI is InChI=1S/C27H26Cl2O4/c1-3-32-26(27(30)31)14-19-4-10-25(11-5-19)33-13-12-18(2)20-6-8-21(9-7-20)22-15-23(28)17-24(29)16-22/h4-12,15-17,26H,3,13-14H2,1-2H3,(H,30,31)/b18-12+/t26-/m0/s1. The van der Waals surface area contributed by atoms with Gasteiger partial charge in [0.25, 0.3) is 0 Å².